The van der Waals surface area contributed by atoms with Gasteiger partial charge >= 0.3 is 6.01 Å². The Morgan fingerprint density at radius 1 is 1.12 bits per heavy atom. The molecule has 3 aromatic rings. The number of fused-ring (bicyclic) bond motifs is 5. The lowest BCUT2D eigenvalue weighted by Crippen LogP contribution is -2.61. The molecule has 4 unspecified atom stereocenters. The number of pyridine rings is 1. The SMILES string of the molecule is Oc1cc(Cl)c(C2CC2)c(-c2ncc3c(N4CC5CCC4CN5)nc(OCC45CCC(O)(O)N4CC(O)C5)nc3c2F)c1. The van der Waals surface area contributed by atoms with Gasteiger partial charge < -0.3 is 35.4 Å². The quantitative estimate of drug-likeness (QED) is 0.262. The zero-order valence-electron chi connectivity index (χ0n) is 23.5. The van der Waals surface area contributed by atoms with Crippen molar-refractivity contribution in [1.82, 2.24) is 25.2 Å². The molecule has 2 aromatic heterocycles. The van der Waals surface area contributed by atoms with E-state index in [1.807, 2.05) is 0 Å². The van der Waals surface area contributed by atoms with Gasteiger partial charge in [0.1, 0.15) is 29.4 Å². The Kier molecular flexibility index (Phi) is 6.31. The van der Waals surface area contributed by atoms with Crippen molar-refractivity contribution in [3.63, 3.8) is 0 Å². The molecule has 1 saturated carbocycles. The minimum absolute atomic E-state index is 0.000953. The van der Waals surface area contributed by atoms with Gasteiger partial charge in [-0.2, -0.15) is 9.97 Å². The van der Waals surface area contributed by atoms with E-state index in [0.29, 0.717) is 47.2 Å². The maximum atomic E-state index is 16.6. The van der Waals surface area contributed by atoms with Crippen molar-refractivity contribution in [3.8, 4) is 23.0 Å². The van der Waals surface area contributed by atoms with Gasteiger partial charge in [0.25, 0.3) is 0 Å². The van der Waals surface area contributed by atoms with Gasteiger partial charge in [0, 0.05) is 54.9 Å². The number of anilines is 1. The van der Waals surface area contributed by atoms with Crippen molar-refractivity contribution in [2.24, 2.45) is 0 Å². The Balaban J connectivity index is 1.23. The highest BCUT2D eigenvalue weighted by atomic mass is 35.5. The largest absolute Gasteiger partial charge is 0.508 e. The lowest BCUT2D eigenvalue weighted by atomic mass is 9.93. The third kappa shape index (κ3) is 4.53. The predicted molar refractivity (Wildman–Crippen MR) is 155 cm³/mol. The standard InChI is InChI=1S/C30H34ClFN6O5/c31-22-8-18(39)7-20(23(22)15-1-2-15)25-24(32)26-21(11-34-25)27(37-12-16-3-4-17(37)10-33-16)36-28(35-26)43-14-29-5-6-30(41,42)38(29)13-19(40)9-29/h7-8,11,15-17,19,33,39-42H,1-6,9-10,12-14H2. The highest BCUT2D eigenvalue weighted by Gasteiger charge is 2.59. The lowest BCUT2D eigenvalue weighted by Gasteiger charge is -2.46. The van der Waals surface area contributed by atoms with E-state index >= 15 is 4.39 Å². The van der Waals surface area contributed by atoms with Crippen molar-refractivity contribution in [2.45, 2.75) is 80.5 Å². The second-order valence-corrected chi connectivity index (χ2v) is 13.3. The van der Waals surface area contributed by atoms with Gasteiger partial charge in [-0.1, -0.05) is 11.6 Å². The van der Waals surface area contributed by atoms with E-state index in [-0.39, 0.29) is 54.5 Å². The summed E-state index contributed by atoms with van der Waals surface area (Å²) in [6, 6.07) is 3.40. The molecule has 7 heterocycles. The van der Waals surface area contributed by atoms with Crippen molar-refractivity contribution < 1.29 is 29.6 Å². The molecule has 2 bridgehead atoms. The number of phenols is 1. The van der Waals surface area contributed by atoms with E-state index in [0.717, 1.165) is 37.8 Å². The number of phenolic OH excluding ortho intramolecular Hbond substituents is 1. The van der Waals surface area contributed by atoms with Gasteiger partial charge in [0.2, 0.25) is 5.91 Å². The van der Waals surface area contributed by atoms with Crippen molar-refractivity contribution in [1.29, 1.82) is 0 Å². The van der Waals surface area contributed by atoms with Crippen molar-refractivity contribution in [2.75, 3.05) is 31.1 Å². The molecule has 4 atom stereocenters. The summed E-state index contributed by atoms with van der Waals surface area (Å²) in [6.07, 6.45) is 5.59. The summed E-state index contributed by atoms with van der Waals surface area (Å²) in [6.45, 7) is 1.61. The van der Waals surface area contributed by atoms with E-state index in [1.54, 1.807) is 6.20 Å². The molecule has 0 spiro atoms. The number of aromatic nitrogens is 3. The third-order valence-corrected chi connectivity index (χ3v) is 10.3. The van der Waals surface area contributed by atoms with E-state index < -0.39 is 23.4 Å². The molecule has 43 heavy (non-hydrogen) atoms. The van der Waals surface area contributed by atoms with E-state index in [9.17, 15) is 20.4 Å². The summed E-state index contributed by atoms with van der Waals surface area (Å²) >= 11 is 6.53. The predicted octanol–water partition coefficient (Wildman–Crippen LogP) is 2.62. The molecular weight excluding hydrogens is 579 g/mol. The first-order chi connectivity index (χ1) is 20.6. The summed E-state index contributed by atoms with van der Waals surface area (Å²) in [4.78, 5) is 17.5. The smallest absolute Gasteiger partial charge is 0.319 e. The number of aliphatic hydroxyl groups excluding tert-OH is 1. The number of benzene rings is 1. The zero-order chi connectivity index (χ0) is 29.7. The average Bonchev–Trinajstić information content (AvgIpc) is 3.72. The molecule has 0 amide bonds. The van der Waals surface area contributed by atoms with E-state index in [1.165, 1.54) is 17.0 Å². The summed E-state index contributed by atoms with van der Waals surface area (Å²) < 4.78 is 22.8. The molecule has 13 heteroatoms. The molecule has 1 aliphatic carbocycles. The molecule has 1 aromatic carbocycles. The van der Waals surface area contributed by atoms with Crippen LogP contribution in [0, 0.1) is 5.82 Å². The van der Waals surface area contributed by atoms with Crippen LogP contribution in [-0.4, -0.2) is 96.2 Å². The Morgan fingerprint density at radius 2 is 1.95 bits per heavy atom. The number of nitrogens with zero attached hydrogens (tertiary/aromatic N) is 5. The van der Waals surface area contributed by atoms with Crippen LogP contribution >= 0.6 is 11.6 Å². The van der Waals surface area contributed by atoms with Crippen LogP contribution in [0.1, 0.15) is 56.4 Å². The highest BCUT2D eigenvalue weighted by Crippen LogP contribution is 2.50. The van der Waals surface area contributed by atoms with Crippen LogP contribution in [0.3, 0.4) is 0 Å². The first kappa shape index (κ1) is 27.7. The first-order valence-corrected chi connectivity index (χ1v) is 15.4. The van der Waals surface area contributed by atoms with Crippen LogP contribution in [-0.2, 0) is 0 Å². The molecular formula is C30H34ClFN6O5. The number of halogens is 2. The van der Waals surface area contributed by atoms with Crippen LogP contribution in [0.4, 0.5) is 10.2 Å². The maximum absolute atomic E-state index is 16.6. The number of aliphatic hydroxyl groups is 3. The zero-order valence-corrected chi connectivity index (χ0v) is 24.3. The van der Waals surface area contributed by atoms with Gasteiger partial charge in [-0.15, -0.1) is 0 Å². The van der Waals surface area contributed by atoms with Crippen LogP contribution in [0.15, 0.2) is 18.3 Å². The fourth-order valence-electron chi connectivity index (χ4n) is 7.77. The number of piperidine rings is 2. The van der Waals surface area contributed by atoms with Gasteiger partial charge in [0.05, 0.1) is 17.0 Å². The number of rotatable bonds is 6. The normalized spacial score (nSPS) is 29.9. The second-order valence-electron chi connectivity index (χ2n) is 12.9. The van der Waals surface area contributed by atoms with Gasteiger partial charge in [-0.3, -0.25) is 4.98 Å². The van der Waals surface area contributed by atoms with Crippen molar-refractivity contribution >= 4 is 28.3 Å². The number of nitrogens with one attached hydrogen (secondary N) is 1. The minimum atomic E-state index is -2.04. The van der Waals surface area contributed by atoms with E-state index in [2.05, 4.69) is 20.2 Å². The fourth-order valence-corrected chi connectivity index (χ4v) is 8.14. The lowest BCUT2D eigenvalue weighted by molar-refractivity contribution is -0.257. The fraction of sp³-hybridized carbons (Fsp3) is 0.567. The summed E-state index contributed by atoms with van der Waals surface area (Å²) in [5.74, 6) is -2.05. The second kappa shape index (κ2) is 9.82. The summed E-state index contributed by atoms with van der Waals surface area (Å²) in [5.41, 5.74) is 0.501. The molecule has 11 nitrogen and oxygen atoms in total. The maximum Gasteiger partial charge on any atom is 0.319 e. The molecule has 0 radical (unpaired) electrons. The van der Waals surface area contributed by atoms with Crippen LogP contribution in [0.5, 0.6) is 11.8 Å². The van der Waals surface area contributed by atoms with E-state index in [4.69, 9.17) is 21.3 Å². The van der Waals surface area contributed by atoms with Crippen LogP contribution in [0.25, 0.3) is 22.2 Å². The molecule has 228 valence electrons. The number of hydrogen-bond donors (Lipinski definition) is 5. The number of aromatic hydroxyl groups is 1. The number of ether oxygens (including phenoxy) is 1. The van der Waals surface area contributed by atoms with Crippen LogP contribution in [0.2, 0.25) is 5.02 Å². The molecule has 6 aliphatic rings. The Bertz CT molecular complexity index is 1620. The summed E-state index contributed by atoms with van der Waals surface area (Å²) in [5, 5.41) is 46.2. The molecule has 5 N–H and O–H groups in total. The monoisotopic (exact) mass is 612 g/mol. The molecule has 6 fully saturated rings. The van der Waals surface area contributed by atoms with Gasteiger partial charge in [-0.05, 0) is 62.1 Å². The van der Waals surface area contributed by atoms with Gasteiger partial charge in [0.15, 0.2) is 5.82 Å². The molecule has 5 saturated heterocycles. The van der Waals surface area contributed by atoms with Crippen LogP contribution < -0.4 is 15.0 Å². The average molecular weight is 613 g/mol. The first-order valence-electron chi connectivity index (χ1n) is 15.0. The number of piperazine rings is 1. The number of hydrogen-bond acceptors (Lipinski definition) is 11. The highest BCUT2D eigenvalue weighted by molar-refractivity contribution is 6.32. The summed E-state index contributed by atoms with van der Waals surface area (Å²) in [7, 11) is 0. The minimum Gasteiger partial charge on any atom is -0.508 e. The third-order valence-electron chi connectivity index (χ3n) is 10.0. The Labute approximate surface area is 252 Å². The Morgan fingerprint density at radius 3 is 2.67 bits per heavy atom. The molecule has 9 rings (SSSR count). The topological polar surface area (TPSA) is 147 Å². The Hall–Kier alpha value is -2.87. The van der Waals surface area contributed by atoms with Gasteiger partial charge in [-0.25, -0.2) is 9.29 Å². The molecule has 5 aliphatic heterocycles. The number of β-amino-alcohol motifs (C(OH)–C–C–N with tert-alkyl or cyclic N) is 1. The van der Waals surface area contributed by atoms with Crippen molar-refractivity contribution in [3.05, 3.63) is 34.7 Å².